The fourth-order valence-corrected chi connectivity index (χ4v) is 5.62. The molecule has 0 fully saturated rings. The Morgan fingerprint density at radius 1 is 1.07 bits per heavy atom. The van der Waals surface area contributed by atoms with Gasteiger partial charge < -0.3 is 10.6 Å². The zero-order chi connectivity index (χ0) is 20.1. The van der Waals surface area contributed by atoms with E-state index in [1.165, 1.54) is 17.3 Å². The number of nitrogens with zero attached hydrogens (tertiary/aromatic N) is 2. The minimum atomic E-state index is -3.93. The van der Waals surface area contributed by atoms with Crippen LogP contribution in [0.1, 0.15) is 23.6 Å². The van der Waals surface area contributed by atoms with Gasteiger partial charge in [-0.25, -0.2) is 8.42 Å². The second-order valence-electron chi connectivity index (χ2n) is 7.15. The molecule has 0 unspecified atom stereocenters. The van der Waals surface area contributed by atoms with Crippen molar-refractivity contribution in [3.05, 3.63) is 59.2 Å². The molecule has 8 heteroatoms. The number of carbonyl (C=O) groups is 2. The molecule has 146 valence electrons. The van der Waals surface area contributed by atoms with Crippen LogP contribution in [0.3, 0.4) is 0 Å². The fraction of sp³-hybridized carbons (Fsp3) is 0.300. The average molecular weight is 399 g/mol. The molecule has 2 aromatic carbocycles. The molecular formula is C20H21N3O4S. The predicted octanol–water partition coefficient (Wildman–Crippen LogP) is 1.20. The molecule has 0 radical (unpaired) electrons. The van der Waals surface area contributed by atoms with Gasteiger partial charge in [-0.2, -0.15) is 4.31 Å². The van der Waals surface area contributed by atoms with E-state index in [0.717, 1.165) is 22.4 Å². The quantitative estimate of drug-likeness (QED) is 0.838. The van der Waals surface area contributed by atoms with Crippen LogP contribution >= 0.6 is 0 Å². The fourth-order valence-electron chi connectivity index (χ4n) is 4.00. The Kier molecular flexibility index (Phi) is 4.47. The van der Waals surface area contributed by atoms with Gasteiger partial charge in [0.15, 0.2) is 0 Å². The molecule has 2 aliphatic rings. The molecule has 0 saturated heterocycles. The molecule has 2 heterocycles. The Labute approximate surface area is 163 Å². The number of nitrogens with two attached hydrogens (primary N) is 1. The minimum absolute atomic E-state index is 0.0733. The van der Waals surface area contributed by atoms with Crippen molar-refractivity contribution in [3.63, 3.8) is 0 Å². The first-order valence-electron chi connectivity index (χ1n) is 9.08. The summed E-state index contributed by atoms with van der Waals surface area (Å²) in [4.78, 5) is 25.5. The lowest BCUT2D eigenvalue weighted by atomic mass is 9.96. The van der Waals surface area contributed by atoms with Crippen molar-refractivity contribution < 1.29 is 18.0 Å². The number of amides is 2. The molecule has 4 rings (SSSR count). The second-order valence-corrected chi connectivity index (χ2v) is 9.04. The van der Waals surface area contributed by atoms with E-state index in [1.807, 2.05) is 24.3 Å². The van der Waals surface area contributed by atoms with E-state index in [0.29, 0.717) is 13.0 Å². The molecular weight excluding hydrogens is 378 g/mol. The normalized spacial score (nSPS) is 19.2. The van der Waals surface area contributed by atoms with Gasteiger partial charge in [-0.05, 0) is 47.7 Å². The van der Waals surface area contributed by atoms with Gasteiger partial charge in [-0.3, -0.25) is 9.59 Å². The summed E-state index contributed by atoms with van der Waals surface area (Å²) in [6, 6.07) is 11.3. The highest BCUT2D eigenvalue weighted by Gasteiger charge is 2.39. The Bertz CT molecular complexity index is 1080. The van der Waals surface area contributed by atoms with E-state index in [4.69, 9.17) is 5.73 Å². The molecule has 0 saturated carbocycles. The van der Waals surface area contributed by atoms with Gasteiger partial charge >= 0.3 is 0 Å². The van der Waals surface area contributed by atoms with Crippen molar-refractivity contribution in [2.75, 3.05) is 11.4 Å². The molecule has 0 bridgehead atoms. The summed E-state index contributed by atoms with van der Waals surface area (Å²) in [7, 11) is -3.93. The Morgan fingerprint density at radius 3 is 2.46 bits per heavy atom. The molecule has 0 aliphatic carbocycles. The van der Waals surface area contributed by atoms with Crippen LogP contribution in [0.4, 0.5) is 5.69 Å². The van der Waals surface area contributed by atoms with E-state index in [9.17, 15) is 18.0 Å². The van der Waals surface area contributed by atoms with Crippen molar-refractivity contribution in [3.8, 4) is 0 Å². The summed E-state index contributed by atoms with van der Waals surface area (Å²) >= 11 is 0. The Morgan fingerprint density at radius 2 is 1.79 bits per heavy atom. The lowest BCUT2D eigenvalue weighted by Crippen LogP contribution is -2.51. The molecule has 2 amide bonds. The van der Waals surface area contributed by atoms with Crippen LogP contribution in [-0.4, -0.2) is 37.1 Å². The van der Waals surface area contributed by atoms with Crippen LogP contribution in [-0.2, 0) is 39.0 Å². The number of primary amides is 1. The Balaban J connectivity index is 1.74. The number of benzene rings is 2. The van der Waals surface area contributed by atoms with Crippen molar-refractivity contribution in [2.45, 2.75) is 37.2 Å². The first kappa shape index (κ1) is 18.6. The van der Waals surface area contributed by atoms with Gasteiger partial charge in [0.25, 0.3) is 0 Å². The van der Waals surface area contributed by atoms with Gasteiger partial charge in [0.2, 0.25) is 21.8 Å². The van der Waals surface area contributed by atoms with Crippen molar-refractivity contribution in [1.82, 2.24) is 4.31 Å². The SMILES string of the molecule is CC(=O)N1CCc2cc(S(=O)(=O)N3Cc4ccccc4C[C@H]3C(N)=O)ccc21. The number of anilines is 1. The van der Waals surface area contributed by atoms with Gasteiger partial charge in [0, 0.05) is 25.7 Å². The summed E-state index contributed by atoms with van der Waals surface area (Å²) in [5, 5.41) is 0. The average Bonchev–Trinajstić information content (AvgIpc) is 3.10. The first-order valence-corrected chi connectivity index (χ1v) is 10.5. The monoisotopic (exact) mass is 399 g/mol. The smallest absolute Gasteiger partial charge is 0.244 e. The lowest BCUT2D eigenvalue weighted by molar-refractivity contribution is -0.122. The van der Waals surface area contributed by atoms with Crippen LogP contribution in [0.2, 0.25) is 0 Å². The van der Waals surface area contributed by atoms with E-state index in [-0.39, 0.29) is 23.8 Å². The third-order valence-electron chi connectivity index (χ3n) is 5.47. The van der Waals surface area contributed by atoms with Gasteiger partial charge in [-0.1, -0.05) is 24.3 Å². The van der Waals surface area contributed by atoms with Crippen LogP contribution in [0, 0.1) is 0 Å². The Hall–Kier alpha value is -2.71. The first-order chi connectivity index (χ1) is 13.3. The summed E-state index contributed by atoms with van der Waals surface area (Å²) in [5.74, 6) is -0.738. The minimum Gasteiger partial charge on any atom is -0.368 e. The largest absolute Gasteiger partial charge is 0.368 e. The van der Waals surface area contributed by atoms with Crippen LogP contribution in [0.15, 0.2) is 47.4 Å². The van der Waals surface area contributed by atoms with Crippen molar-refractivity contribution in [2.24, 2.45) is 5.73 Å². The second kappa shape index (κ2) is 6.72. The number of sulfonamides is 1. The highest BCUT2D eigenvalue weighted by Crippen LogP contribution is 2.33. The molecule has 0 spiro atoms. The topological polar surface area (TPSA) is 101 Å². The molecule has 7 nitrogen and oxygen atoms in total. The zero-order valence-electron chi connectivity index (χ0n) is 15.5. The third kappa shape index (κ3) is 2.98. The number of hydrogen-bond donors (Lipinski definition) is 1. The highest BCUT2D eigenvalue weighted by molar-refractivity contribution is 7.89. The maximum atomic E-state index is 13.4. The van der Waals surface area contributed by atoms with Crippen molar-refractivity contribution >= 4 is 27.5 Å². The highest BCUT2D eigenvalue weighted by atomic mass is 32.2. The predicted molar refractivity (Wildman–Crippen MR) is 104 cm³/mol. The lowest BCUT2D eigenvalue weighted by Gasteiger charge is -2.34. The molecule has 28 heavy (non-hydrogen) atoms. The standard InChI is InChI=1S/C20H21N3O4S/c1-13(24)22-9-8-15-10-17(6-7-18(15)22)28(26,27)23-12-16-5-3-2-4-14(16)11-19(23)20(21)25/h2-7,10,19H,8-9,11-12H2,1H3,(H2,21,25)/t19-/m0/s1. The van der Waals surface area contributed by atoms with Crippen molar-refractivity contribution in [1.29, 1.82) is 0 Å². The van der Waals surface area contributed by atoms with E-state index < -0.39 is 22.0 Å². The summed E-state index contributed by atoms with van der Waals surface area (Å²) in [5.41, 5.74) is 8.89. The number of fused-ring (bicyclic) bond motifs is 2. The van der Waals surface area contributed by atoms with Crippen LogP contribution in [0.5, 0.6) is 0 Å². The molecule has 0 aromatic heterocycles. The van der Waals surface area contributed by atoms with Gasteiger partial charge in [0.1, 0.15) is 6.04 Å². The van der Waals surface area contributed by atoms with Gasteiger partial charge in [0.05, 0.1) is 4.90 Å². The molecule has 1 atom stereocenters. The van der Waals surface area contributed by atoms with E-state index in [2.05, 4.69) is 0 Å². The van der Waals surface area contributed by atoms with E-state index >= 15 is 0 Å². The summed E-state index contributed by atoms with van der Waals surface area (Å²) in [6.45, 7) is 2.13. The van der Waals surface area contributed by atoms with E-state index in [1.54, 1.807) is 17.0 Å². The summed E-state index contributed by atoms with van der Waals surface area (Å²) < 4.78 is 27.9. The van der Waals surface area contributed by atoms with Crippen LogP contribution < -0.4 is 10.6 Å². The molecule has 2 aromatic rings. The number of hydrogen-bond acceptors (Lipinski definition) is 4. The number of carbonyl (C=O) groups excluding carboxylic acids is 2. The maximum Gasteiger partial charge on any atom is 0.244 e. The molecule has 2 aliphatic heterocycles. The maximum absolute atomic E-state index is 13.4. The molecule has 2 N–H and O–H groups in total. The zero-order valence-corrected chi connectivity index (χ0v) is 16.3. The third-order valence-corrected chi connectivity index (χ3v) is 7.32. The van der Waals surface area contributed by atoms with Gasteiger partial charge in [-0.15, -0.1) is 0 Å². The van der Waals surface area contributed by atoms with Crippen LogP contribution in [0.25, 0.3) is 0 Å². The number of rotatable bonds is 3. The summed E-state index contributed by atoms with van der Waals surface area (Å²) in [6.07, 6.45) is 0.855.